The predicted octanol–water partition coefficient (Wildman–Crippen LogP) is 0.894. The number of carboxylic acid groups (broad SMARTS) is 1. The van der Waals surface area contributed by atoms with Crippen molar-refractivity contribution in [3.63, 3.8) is 0 Å². The van der Waals surface area contributed by atoms with Crippen LogP contribution in [-0.4, -0.2) is 29.6 Å². The number of pyridine rings is 1. The summed E-state index contributed by atoms with van der Waals surface area (Å²) in [4.78, 5) is 33.7. The van der Waals surface area contributed by atoms with Gasteiger partial charge in [-0.25, -0.2) is 4.79 Å². The van der Waals surface area contributed by atoms with Crippen molar-refractivity contribution in [2.75, 3.05) is 6.54 Å². The zero-order valence-corrected chi connectivity index (χ0v) is 13.9. The van der Waals surface area contributed by atoms with Crippen LogP contribution >= 0.6 is 0 Å². The normalized spacial score (nSPS) is 11.8. The average Bonchev–Trinajstić information content (AvgIpc) is 2.49. The monoisotopic (exact) mass is 338 g/mol. The van der Waals surface area contributed by atoms with Crippen molar-refractivity contribution in [1.82, 2.24) is 5.32 Å². The van der Waals surface area contributed by atoms with Crippen LogP contribution in [-0.2, 0) is 16.3 Å². The second-order valence-corrected chi connectivity index (χ2v) is 6.01. The number of rotatable bonds is 9. The summed E-state index contributed by atoms with van der Waals surface area (Å²) in [5.41, 5.74) is 5.48. The van der Waals surface area contributed by atoms with Gasteiger partial charge in [0.25, 0.3) is 12.6 Å². The minimum absolute atomic E-state index is 0.00608. The molecule has 1 aromatic rings. The van der Waals surface area contributed by atoms with Crippen molar-refractivity contribution >= 4 is 18.0 Å². The maximum absolute atomic E-state index is 11.7. The Bertz CT molecular complexity index is 589. The Hall–Kier alpha value is -2.64. The molecule has 24 heavy (non-hydrogen) atoms. The van der Waals surface area contributed by atoms with E-state index < -0.39 is 18.0 Å². The van der Waals surface area contributed by atoms with Gasteiger partial charge >= 0.3 is 12.1 Å². The molecule has 0 aromatic carbocycles. The number of nitrogens with two attached hydrogens (primary N) is 1. The summed E-state index contributed by atoms with van der Waals surface area (Å²) in [5.74, 6) is -1.28. The van der Waals surface area contributed by atoms with Crippen LogP contribution in [0.15, 0.2) is 24.5 Å². The summed E-state index contributed by atoms with van der Waals surface area (Å²) in [6, 6.07) is 3.17. The van der Waals surface area contributed by atoms with E-state index in [1.54, 1.807) is 18.3 Å². The fourth-order valence-electron chi connectivity index (χ4n) is 2.31. The average molecular weight is 338 g/mol. The molecule has 0 fully saturated rings. The molecule has 1 unspecified atom stereocenters. The van der Waals surface area contributed by atoms with E-state index in [0.29, 0.717) is 17.9 Å². The van der Waals surface area contributed by atoms with Crippen LogP contribution in [0.2, 0.25) is 0 Å². The highest BCUT2D eigenvalue weighted by atomic mass is 16.6. The number of hydrogen-bond acceptors (Lipinski definition) is 4. The molecule has 0 radical (unpaired) electrons. The van der Waals surface area contributed by atoms with Crippen LogP contribution in [0.5, 0.6) is 0 Å². The lowest BCUT2D eigenvalue weighted by molar-refractivity contribution is -0.727. The maximum Gasteiger partial charge on any atom is 0.412 e. The SMILES string of the molecule is CC(C)CC(CNC(=O)OC[n+]1cccc(C(N)=O)c1)CC(=O)O. The third-order valence-corrected chi connectivity index (χ3v) is 3.29. The summed E-state index contributed by atoms with van der Waals surface area (Å²) in [6.07, 6.45) is 3.15. The number of carboxylic acids is 1. The quantitative estimate of drug-likeness (QED) is 0.577. The zero-order chi connectivity index (χ0) is 18.1. The van der Waals surface area contributed by atoms with Crippen molar-refractivity contribution < 1.29 is 28.8 Å². The Labute approximate surface area is 140 Å². The molecule has 1 atom stereocenters. The molecule has 1 aromatic heterocycles. The summed E-state index contributed by atoms with van der Waals surface area (Å²) in [5, 5.41) is 11.5. The van der Waals surface area contributed by atoms with Crippen LogP contribution in [0.3, 0.4) is 0 Å². The summed E-state index contributed by atoms with van der Waals surface area (Å²) in [6.45, 7) is 4.14. The Morgan fingerprint density at radius 3 is 2.67 bits per heavy atom. The second kappa shape index (κ2) is 9.49. The van der Waals surface area contributed by atoms with Gasteiger partial charge in [-0.3, -0.25) is 9.59 Å². The van der Waals surface area contributed by atoms with Gasteiger partial charge in [0.2, 0.25) is 0 Å². The minimum Gasteiger partial charge on any atom is -0.481 e. The molecule has 0 aliphatic heterocycles. The fourth-order valence-corrected chi connectivity index (χ4v) is 2.31. The van der Waals surface area contributed by atoms with Crippen LogP contribution < -0.4 is 15.6 Å². The standard InChI is InChI=1S/C16H23N3O5/c1-11(2)6-12(7-14(20)21)8-18-16(23)24-10-19-5-3-4-13(9-19)15(17)22/h3-5,9,11-12H,6-8,10H2,1-2H3,(H3-,17,18,20,21,22,23)/p+1. The number of aromatic nitrogens is 1. The first-order chi connectivity index (χ1) is 11.3. The van der Waals surface area contributed by atoms with Gasteiger partial charge in [-0.2, -0.15) is 4.57 Å². The number of aliphatic carboxylic acids is 1. The molecular formula is C16H24N3O5+. The molecule has 0 aliphatic carbocycles. The highest BCUT2D eigenvalue weighted by Crippen LogP contribution is 2.14. The molecule has 0 bridgehead atoms. The van der Waals surface area contributed by atoms with Crippen molar-refractivity contribution in [2.45, 2.75) is 33.4 Å². The number of alkyl carbamates (subject to hydrolysis) is 1. The summed E-state index contributed by atoms with van der Waals surface area (Å²) < 4.78 is 6.54. The Balaban J connectivity index is 2.46. The van der Waals surface area contributed by atoms with E-state index in [9.17, 15) is 14.4 Å². The number of nitrogens with one attached hydrogen (secondary N) is 1. The smallest absolute Gasteiger partial charge is 0.412 e. The number of hydrogen-bond donors (Lipinski definition) is 3. The summed E-state index contributed by atoms with van der Waals surface area (Å²) >= 11 is 0. The molecule has 1 rings (SSSR count). The molecule has 0 saturated heterocycles. The van der Waals surface area contributed by atoms with E-state index in [2.05, 4.69) is 5.32 Å². The van der Waals surface area contributed by atoms with E-state index in [1.807, 2.05) is 13.8 Å². The van der Waals surface area contributed by atoms with Crippen LogP contribution in [0.4, 0.5) is 4.79 Å². The first kappa shape index (κ1) is 19.4. The molecular weight excluding hydrogens is 314 g/mol. The lowest BCUT2D eigenvalue weighted by Gasteiger charge is -2.17. The second-order valence-electron chi connectivity index (χ2n) is 6.01. The minimum atomic E-state index is -0.894. The number of carbonyl (C=O) groups excluding carboxylic acids is 2. The van der Waals surface area contributed by atoms with Gasteiger partial charge in [-0.15, -0.1) is 0 Å². The van der Waals surface area contributed by atoms with Crippen LogP contribution in [0.25, 0.3) is 0 Å². The maximum atomic E-state index is 11.7. The Morgan fingerprint density at radius 2 is 2.08 bits per heavy atom. The topological polar surface area (TPSA) is 123 Å². The summed E-state index contributed by atoms with van der Waals surface area (Å²) in [7, 11) is 0. The number of ether oxygens (including phenoxy) is 1. The number of amides is 2. The van der Waals surface area contributed by atoms with Gasteiger partial charge < -0.3 is 20.9 Å². The Morgan fingerprint density at radius 1 is 1.38 bits per heavy atom. The van der Waals surface area contributed by atoms with E-state index in [1.165, 1.54) is 10.8 Å². The largest absolute Gasteiger partial charge is 0.481 e. The molecule has 0 aliphatic rings. The van der Waals surface area contributed by atoms with Crippen molar-refractivity contribution in [1.29, 1.82) is 0 Å². The van der Waals surface area contributed by atoms with Crippen LogP contribution in [0, 0.1) is 11.8 Å². The first-order valence-corrected chi connectivity index (χ1v) is 7.69. The van der Waals surface area contributed by atoms with Gasteiger partial charge in [0.1, 0.15) is 5.56 Å². The fraction of sp³-hybridized carbons (Fsp3) is 0.500. The van der Waals surface area contributed by atoms with Gasteiger partial charge in [0.15, 0.2) is 12.4 Å². The first-order valence-electron chi connectivity index (χ1n) is 7.69. The van der Waals surface area contributed by atoms with Crippen molar-refractivity contribution in [2.24, 2.45) is 17.6 Å². The lowest BCUT2D eigenvalue weighted by atomic mass is 9.94. The van der Waals surface area contributed by atoms with Crippen molar-refractivity contribution in [3.8, 4) is 0 Å². The highest BCUT2D eigenvalue weighted by molar-refractivity contribution is 5.92. The lowest BCUT2D eigenvalue weighted by Crippen LogP contribution is -2.39. The third-order valence-electron chi connectivity index (χ3n) is 3.29. The van der Waals surface area contributed by atoms with E-state index >= 15 is 0 Å². The number of primary amides is 1. The predicted molar refractivity (Wildman–Crippen MR) is 84.8 cm³/mol. The van der Waals surface area contributed by atoms with Gasteiger partial charge in [0.05, 0.1) is 0 Å². The van der Waals surface area contributed by atoms with Crippen molar-refractivity contribution in [3.05, 3.63) is 30.1 Å². The van der Waals surface area contributed by atoms with E-state index in [-0.39, 0.29) is 25.6 Å². The van der Waals surface area contributed by atoms with E-state index in [4.69, 9.17) is 15.6 Å². The van der Waals surface area contributed by atoms with Gasteiger partial charge in [-0.1, -0.05) is 13.8 Å². The van der Waals surface area contributed by atoms with Gasteiger partial charge in [-0.05, 0) is 24.3 Å². The van der Waals surface area contributed by atoms with Crippen LogP contribution in [0.1, 0.15) is 37.0 Å². The van der Waals surface area contributed by atoms with Gasteiger partial charge in [0, 0.05) is 19.0 Å². The van der Waals surface area contributed by atoms with E-state index in [0.717, 1.165) is 0 Å². The number of carbonyl (C=O) groups is 3. The zero-order valence-electron chi connectivity index (χ0n) is 13.9. The Kier molecular flexibility index (Phi) is 7.67. The molecule has 2 amide bonds. The molecule has 0 spiro atoms. The number of nitrogens with zero attached hydrogens (tertiary/aromatic N) is 1. The molecule has 132 valence electrons. The highest BCUT2D eigenvalue weighted by Gasteiger charge is 2.17. The molecule has 0 saturated carbocycles. The molecule has 8 nitrogen and oxygen atoms in total. The molecule has 8 heteroatoms. The molecule has 4 N–H and O–H groups in total. The molecule has 1 heterocycles. The third kappa shape index (κ3) is 7.57.